The monoisotopic (exact) mass is 398 g/mol. The average Bonchev–Trinajstić information content (AvgIpc) is 3.35. The van der Waals surface area contributed by atoms with Gasteiger partial charge in [0.2, 0.25) is 0 Å². The zero-order valence-electron chi connectivity index (χ0n) is 15.6. The van der Waals surface area contributed by atoms with Crippen LogP contribution in [-0.4, -0.2) is 42.4 Å². The second-order valence-electron chi connectivity index (χ2n) is 6.60. The number of nitrogens with zero attached hydrogens (tertiary/aromatic N) is 2. The van der Waals surface area contributed by atoms with Crippen LogP contribution in [0, 0.1) is 5.92 Å². The maximum absolute atomic E-state index is 11.8. The van der Waals surface area contributed by atoms with Crippen molar-refractivity contribution in [2.24, 2.45) is 5.92 Å². The molecule has 0 radical (unpaired) electrons. The second kappa shape index (κ2) is 8.53. The van der Waals surface area contributed by atoms with Gasteiger partial charge in [-0.2, -0.15) is 0 Å². The molecule has 1 atom stereocenters. The van der Waals surface area contributed by atoms with E-state index in [2.05, 4.69) is 20.6 Å². The Kier molecular flexibility index (Phi) is 5.68. The molecule has 1 aliphatic rings. The fourth-order valence-electron chi connectivity index (χ4n) is 3.10. The molecule has 4 rings (SSSR count). The third-order valence-corrected chi connectivity index (χ3v) is 5.45. The topological polar surface area (TPSA) is 85.4 Å². The van der Waals surface area contributed by atoms with Crippen molar-refractivity contribution in [2.75, 3.05) is 31.7 Å². The number of fused-ring (bicyclic) bond motifs is 1. The summed E-state index contributed by atoms with van der Waals surface area (Å²) in [6.07, 6.45) is 4.58. The Morgan fingerprint density at radius 1 is 1.43 bits per heavy atom. The maximum atomic E-state index is 11.8. The molecule has 0 aliphatic carbocycles. The summed E-state index contributed by atoms with van der Waals surface area (Å²) in [7, 11) is 0. The molecule has 2 N–H and O–H groups in total. The number of hydrogen-bond donors (Lipinski definition) is 2. The molecule has 3 heterocycles. The van der Waals surface area contributed by atoms with Gasteiger partial charge in [-0.1, -0.05) is 17.4 Å². The molecular weight excluding hydrogens is 376 g/mol. The molecule has 1 fully saturated rings. The van der Waals surface area contributed by atoms with Crippen molar-refractivity contribution in [1.82, 2.24) is 15.3 Å². The zero-order chi connectivity index (χ0) is 19.3. The van der Waals surface area contributed by atoms with Crippen LogP contribution in [0.2, 0.25) is 0 Å². The van der Waals surface area contributed by atoms with E-state index in [1.54, 1.807) is 6.20 Å². The SMILES string of the molecule is CCNC(=O)Nc1nc2cc(-c3cccnc3)c(OCC3CCOC3)cc2s1. The maximum Gasteiger partial charge on any atom is 0.321 e. The zero-order valence-corrected chi connectivity index (χ0v) is 16.4. The molecule has 28 heavy (non-hydrogen) atoms. The van der Waals surface area contributed by atoms with Gasteiger partial charge in [0, 0.05) is 48.7 Å². The number of urea groups is 1. The largest absolute Gasteiger partial charge is 0.493 e. The van der Waals surface area contributed by atoms with Gasteiger partial charge in [0.05, 0.1) is 23.4 Å². The first-order chi connectivity index (χ1) is 13.7. The van der Waals surface area contributed by atoms with Gasteiger partial charge < -0.3 is 14.8 Å². The predicted octanol–water partition coefficient (Wildman–Crippen LogP) is 3.92. The number of carbonyl (C=O) groups excluding carboxylic acids is 1. The van der Waals surface area contributed by atoms with Crippen LogP contribution in [0.5, 0.6) is 5.75 Å². The van der Waals surface area contributed by atoms with Gasteiger partial charge in [-0.05, 0) is 25.5 Å². The van der Waals surface area contributed by atoms with Gasteiger partial charge in [-0.25, -0.2) is 9.78 Å². The van der Waals surface area contributed by atoms with Crippen molar-refractivity contribution >= 4 is 32.7 Å². The number of benzene rings is 1. The number of ether oxygens (including phenoxy) is 2. The minimum absolute atomic E-state index is 0.258. The minimum Gasteiger partial charge on any atom is -0.493 e. The number of carbonyl (C=O) groups is 1. The van der Waals surface area contributed by atoms with Crippen molar-refractivity contribution in [1.29, 1.82) is 0 Å². The van der Waals surface area contributed by atoms with E-state index in [1.165, 1.54) is 11.3 Å². The Labute approximate surface area is 167 Å². The summed E-state index contributed by atoms with van der Waals surface area (Å²) in [5, 5.41) is 6.04. The molecule has 1 unspecified atom stereocenters. The van der Waals surface area contributed by atoms with Gasteiger partial charge in [0.15, 0.2) is 5.13 Å². The summed E-state index contributed by atoms with van der Waals surface area (Å²) < 4.78 is 12.6. The lowest BCUT2D eigenvalue weighted by atomic mass is 10.1. The fraction of sp³-hybridized carbons (Fsp3) is 0.350. The van der Waals surface area contributed by atoms with E-state index in [9.17, 15) is 4.79 Å². The van der Waals surface area contributed by atoms with E-state index in [-0.39, 0.29) is 6.03 Å². The lowest BCUT2D eigenvalue weighted by molar-refractivity contribution is 0.167. The van der Waals surface area contributed by atoms with E-state index < -0.39 is 0 Å². The molecule has 3 aromatic rings. The molecule has 0 bridgehead atoms. The summed E-state index contributed by atoms with van der Waals surface area (Å²) in [5.41, 5.74) is 2.72. The first-order valence-corrected chi connectivity index (χ1v) is 10.1. The molecule has 1 aliphatic heterocycles. The summed E-state index contributed by atoms with van der Waals surface area (Å²) in [6.45, 7) is 4.58. The Morgan fingerprint density at radius 2 is 2.36 bits per heavy atom. The van der Waals surface area contributed by atoms with Gasteiger partial charge in [-0.15, -0.1) is 0 Å². The number of amides is 2. The van der Waals surface area contributed by atoms with E-state index >= 15 is 0 Å². The number of aromatic nitrogens is 2. The summed E-state index contributed by atoms with van der Waals surface area (Å²) in [5.74, 6) is 1.20. The van der Waals surface area contributed by atoms with Crippen LogP contribution >= 0.6 is 11.3 Å². The van der Waals surface area contributed by atoms with Crippen molar-refractivity contribution in [3.05, 3.63) is 36.7 Å². The van der Waals surface area contributed by atoms with E-state index in [1.807, 2.05) is 37.4 Å². The smallest absolute Gasteiger partial charge is 0.321 e. The number of anilines is 1. The summed E-state index contributed by atoms with van der Waals surface area (Å²) >= 11 is 1.42. The molecule has 2 aromatic heterocycles. The number of nitrogens with one attached hydrogen (secondary N) is 2. The number of hydrogen-bond acceptors (Lipinski definition) is 6. The highest BCUT2D eigenvalue weighted by atomic mass is 32.1. The Bertz CT molecular complexity index is 955. The first kappa shape index (κ1) is 18.6. The van der Waals surface area contributed by atoms with Crippen molar-refractivity contribution < 1.29 is 14.3 Å². The Balaban J connectivity index is 1.66. The number of rotatable bonds is 6. The molecule has 8 heteroatoms. The van der Waals surface area contributed by atoms with Crippen molar-refractivity contribution in [3.8, 4) is 16.9 Å². The highest BCUT2D eigenvalue weighted by Crippen LogP contribution is 2.37. The third-order valence-electron chi connectivity index (χ3n) is 4.52. The normalized spacial score (nSPS) is 16.2. The summed E-state index contributed by atoms with van der Waals surface area (Å²) in [6, 6.07) is 7.63. The van der Waals surface area contributed by atoms with Crippen LogP contribution in [0.1, 0.15) is 13.3 Å². The van der Waals surface area contributed by atoms with E-state index in [0.29, 0.717) is 24.2 Å². The number of pyridine rings is 1. The quantitative estimate of drug-likeness (QED) is 0.657. The molecule has 7 nitrogen and oxygen atoms in total. The van der Waals surface area contributed by atoms with Crippen LogP contribution in [0.4, 0.5) is 9.93 Å². The molecule has 2 amide bonds. The highest BCUT2D eigenvalue weighted by Gasteiger charge is 2.19. The van der Waals surface area contributed by atoms with Crippen LogP contribution in [0.3, 0.4) is 0 Å². The van der Waals surface area contributed by atoms with E-state index in [4.69, 9.17) is 9.47 Å². The van der Waals surface area contributed by atoms with Crippen LogP contribution in [0.15, 0.2) is 36.7 Å². The molecule has 146 valence electrons. The van der Waals surface area contributed by atoms with Crippen LogP contribution < -0.4 is 15.4 Å². The van der Waals surface area contributed by atoms with Crippen molar-refractivity contribution in [2.45, 2.75) is 13.3 Å². The van der Waals surface area contributed by atoms with E-state index in [0.717, 1.165) is 46.7 Å². The number of thiazole rings is 1. The Hall–Kier alpha value is -2.71. The van der Waals surface area contributed by atoms with Gasteiger partial charge in [-0.3, -0.25) is 10.3 Å². The molecule has 1 aromatic carbocycles. The standard InChI is InChI=1S/C20H22N4O3S/c1-2-22-19(25)24-20-23-16-8-15(14-4-3-6-21-10-14)17(9-18(16)28-20)27-12-13-5-7-26-11-13/h3-4,6,8-10,13H,2,5,7,11-12H2,1H3,(H2,22,23,24,25). The van der Waals surface area contributed by atoms with Gasteiger partial charge in [0.1, 0.15) is 5.75 Å². The van der Waals surface area contributed by atoms with Crippen LogP contribution in [0.25, 0.3) is 21.3 Å². The second-order valence-corrected chi connectivity index (χ2v) is 7.63. The first-order valence-electron chi connectivity index (χ1n) is 9.33. The lowest BCUT2D eigenvalue weighted by Crippen LogP contribution is -2.28. The molecule has 1 saturated heterocycles. The van der Waals surface area contributed by atoms with Gasteiger partial charge in [0.25, 0.3) is 0 Å². The molecule has 0 spiro atoms. The average molecular weight is 398 g/mol. The Morgan fingerprint density at radius 3 is 3.11 bits per heavy atom. The molecule has 0 saturated carbocycles. The third kappa shape index (κ3) is 4.23. The molecular formula is C20H22N4O3S. The fourth-order valence-corrected chi connectivity index (χ4v) is 3.97. The van der Waals surface area contributed by atoms with Crippen molar-refractivity contribution in [3.63, 3.8) is 0 Å². The highest BCUT2D eigenvalue weighted by molar-refractivity contribution is 7.22. The van der Waals surface area contributed by atoms with Gasteiger partial charge >= 0.3 is 6.03 Å². The predicted molar refractivity (Wildman–Crippen MR) is 110 cm³/mol. The summed E-state index contributed by atoms with van der Waals surface area (Å²) in [4.78, 5) is 20.6. The van der Waals surface area contributed by atoms with Crippen LogP contribution in [-0.2, 0) is 4.74 Å². The lowest BCUT2D eigenvalue weighted by Gasteiger charge is -2.14. The minimum atomic E-state index is -0.258.